The predicted molar refractivity (Wildman–Crippen MR) is 122 cm³/mol. The largest absolute Gasteiger partial charge is 0.430 e. The van der Waals surface area contributed by atoms with Gasteiger partial charge in [-0.15, -0.1) is 0 Å². The van der Waals surface area contributed by atoms with Crippen molar-refractivity contribution in [1.82, 2.24) is 9.97 Å². The second kappa shape index (κ2) is 8.06. The Balaban J connectivity index is 1.91. The van der Waals surface area contributed by atoms with Crippen LogP contribution in [0.25, 0.3) is 44.0 Å². The zero-order valence-corrected chi connectivity index (χ0v) is 18.8. The van der Waals surface area contributed by atoms with E-state index in [0.29, 0.717) is 12.1 Å². The van der Waals surface area contributed by atoms with Crippen LogP contribution in [0.3, 0.4) is 0 Å². The van der Waals surface area contributed by atoms with Crippen LogP contribution >= 0.6 is 11.6 Å². The van der Waals surface area contributed by atoms with Crippen LogP contribution in [0, 0.1) is 17.1 Å². The van der Waals surface area contributed by atoms with Crippen LogP contribution in [0.5, 0.6) is 0 Å². The Hall–Kier alpha value is -3.88. The molecule has 0 bridgehead atoms. The monoisotopic (exact) mass is 537 g/mol. The minimum atomic E-state index is -6.07. The lowest BCUT2D eigenvalue weighted by Gasteiger charge is -2.32. The van der Waals surface area contributed by atoms with Gasteiger partial charge in [0.05, 0.1) is 28.2 Å². The van der Waals surface area contributed by atoms with Gasteiger partial charge < -0.3 is 10.1 Å². The van der Waals surface area contributed by atoms with Crippen molar-refractivity contribution in [1.29, 1.82) is 5.26 Å². The maximum absolute atomic E-state index is 14.7. The quantitative estimate of drug-likeness (QED) is 0.181. The van der Waals surface area contributed by atoms with Crippen LogP contribution in [0.1, 0.15) is 11.1 Å². The molecule has 0 saturated heterocycles. The minimum Gasteiger partial charge on any atom is -0.369 e. The van der Waals surface area contributed by atoms with E-state index >= 15 is 0 Å². The topological polar surface area (TPSA) is 72.7 Å². The Morgan fingerprint density at radius 1 is 0.865 bits per heavy atom. The van der Waals surface area contributed by atoms with E-state index < -0.39 is 29.3 Å². The van der Waals surface area contributed by atoms with E-state index in [2.05, 4.69) is 9.97 Å². The summed E-state index contributed by atoms with van der Waals surface area (Å²) in [6, 6.07) is 12.0. The molecule has 2 N–H and O–H groups in total. The van der Waals surface area contributed by atoms with Crippen molar-refractivity contribution in [2.75, 3.05) is 0 Å². The zero-order chi connectivity index (χ0) is 26.9. The number of aliphatic hydroxyl groups is 1. The van der Waals surface area contributed by atoms with Crippen molar-refractivity contribution in [3.8, 4) is 17.5 Å². The molecule has 0 fully saturated rings. The van der Waals surface area contributed by atoms with Crippen LogP contribution in [0.2, 0.25) is 5.02 Å². The Bertz CT molecular complexity index is 1750. The third kappa shape index (κ3) is 3.59. The number of nitrogens with zero attached hydrogens (tertiary/aromatic N) is 2. The molecule has 0 radical (unpaired) electrons. The van der Waals surface area contributed by atoms with Gasteiger partial charge in [0.2, 0.25) is 0 Å². The lowest BCUT2D eigenvalue weighted by molar-refractivity contribution is -0.376. The van der Waals surface area contributed by atoms with Gasteiger partial charge in [-0.05, 0) is 41.1 Å². The molecule has 1 heterocycles. The van der Waals surface area contributed by atoms with Crippen molar-refractivity contribution < 1.29 is 35.8 Å². The number of hydrogen-bond acceptors (Lipinski definition) is 3. The Morgan fingerprint density at radius 3 is 2.16 bits per heavy atom. The average molecular weight is 538 g/mol. The number of H-pyrrole nitrogens is 1. The van der Waals surface area contributed by atoms with E-state index in [1.54, 1.807) is 0 Å². The van der Waals surface area contributed by atoms with Crippen molar-refractivity contribution in [3.63, 3.8) is 0 Å². The molecule has 0 unspecified atom stereocenters. The second-order valence-corrected chi connectivity index (χ2v) is 8.68. The molecule has 4 nitrogen and oxygen atoms in total. The van der Waals surface area contributed by atoms with E-state index in [-0.39, 0.29) is 54.6 Å². The van der Waals surface area contributed by atoms with Crippen LogP contribution in [-0.2, 0) is 5.60 Å². The number of aromatic nitrogens is 2. The first-order chi connectivity index (χ1) is 17.3. The minimum absolute atomic E-state index is 0.0431. The number of aromatic amines is 1. The smallest absolute Gasteiger partial charge is 0.369 e. The van der Waals surface area contributed by atoms with Gasteiger partial charge in [-0.3, -0.25) is 0 Å². The molecule has 5 aromatic rings. The molecule has 0 spiro atoms. The zero-order valence-electron chi connectivity index (χ0n) is 18.1. The number of alkyl halides is 6. The number of fused-ring (bicyclic) bond motifs is 6. The normalized spacial score (nSPS) is 13.0. The summed E-state index contributed by atoms with van der Waals surface area (Å²) >= 11 is 6.08. The van der Waals surface area contributed by atoms with Gasteiger partial charge in [-0.1, -0.05) is 35.9 Å². The molecule has 0 saturated carbocycles. The van der Waals surface area contributed by atoms with Crippen molar-refractivity contribution in [2.24, 2.45) is 0 Å². The highest BCUT2D eigenvalue weighted by Gasteiger charge is 2.71. The lowest BCUT2D eigenvalue weighted by Crippen LogP contribution is -2.53. The number of rotatable bonds is 2. The molecular weight excluding hydrogens is 527 g/mol. The Labute approximate surface area is 207 Å². The van der Waals surface area contributed by atoms with Crippen LogP contribution in [0.15, 0.2) is 54.6 Å². The molecule has 188 valence electrons. The van der Waals surface area contributed by atoms with Crippen LogP contribution < -0.4 is 0 Å². The first kappa shape index (κ1) is 24.8. The van der Waals surface area contributed by atoms with Gasteiger partial charge in [0.1, 0.15) is 11.6 Å². The lowest BCUT2D eigenvalue weighted by atomic mass is 9.89. The summed E-state index contributed by atoms with van der Waals surface area (Å²) in [6.45, 7) is 0. The molecule has 0 aliphatic heterocycles. The molecular formula is C25H11ClF7N3O. The molecule has 12 heteroatoms. The van der Waals surface area contributed by atoms with Gasteiger partial charge >= 0.3 is 12.4 Å². The standard InChI is InChI=1S/C25H11ClF7N3O/c26-13-5-7-15-17(9-13)16-8-12(23(37,24(28,29)30)25(31,32)33)4-6-14(16)20-21(15)36-22(35-20)19-11(10-34)2-1-3-18(19)27/h1-9,37H,(H,35,36). The molecule has 4 aromatic carbocycles. The molecule has 0 aliphatic rings. The van der Waals surface area contributed by atoms with E-state index in [1.165, 1.54) is 30.3 Å². The van der Waals surface area contributed by atoms with E-state index in [0.717, 1.165) is 12.1 Å². The highest BCUT2D eigenvalue weighted by Crippen LogP contribution is 2.51. The van der Waals surface area contributed by atoms with Gasteiger partial charge in [-0.2, -0.15) is 31.6 Å². The van der Waals surface area contributed by atoms with Crippen molar-refractivity contribution >= 4 is 44.2 Å². The number of nitrogens with one attached hydrogen (secondary N) is 1. The van der Waals surface area contributed by atoms with Crippen molar-refractivity contribution in [3.05, 3.63) is 76.6 Å². The van der Waals surface area contributed by atoms with E-state index in [9.17, 15) is 41.1 Å². The number of imidazole rings is 1. The number of nitriles is 1. The Kier molecular flexibility index (Phi) is 5.40. The van der Waals surface area contributed by atoms with Crippen LogP contribution in [-0.4, -0.2) is 27.4 Å². The average Bonchev–Trinajstić information content (AvgIpc) is 3.26. The summed E-state index contributed by atoms with van der Waals surface area (Å²) in [5, 5.41) is 19.9. The third-order valence-electron chi connectivity index (χ3n) is 6.13. The first-order valence-corrected chi connectivity index (χ1v) is 10.8. The number of hydrogen-bond donors (Lipinski definition) is 2. The number of halogens is 8. The molecule has 5 rings (SSSR count). The van der Waals surface area contributed by atoms with E-state index in [1.807, 2.05) is 6.07 Å². The SMILES string of the molecule is N#Cc1cccc(F)c1-c1nc2c3ccc(Cl)cc3c3cc(C(O)(C(F)(F)F)C(F)(F)F)ccc3c2[nH]1. The molecule has 37 heavy (non-hydrogen) atoms. The summed E-state index contributed by atoms with van der Waals surface area (Å²) in [4.78, 5) is 7.26. The maximum Gasteiger partial charge on any atom is 0.430 e. The molecule has 0 amide bonds. The number of benzene rings is 4. The van der Waals surface area contributed by atoms with Crippen molar-refractivity contribution in [2.45, 2.75) is 18.0 Å². The fraction of sp³-hybridized carbons (Fsp3) is 0.120. The molecule has 1 aromatic heterocycles. The van der Waals surface area contributed by atoms with Gasteiger partial charge in [-0.25, -0.2) is 9.37 Å². The highest BCUT2D eigenvalue weighted by molar-refractivity contribution is 6.33. The first-order valence-electron chi connectivity index (χ1n) is 10.4. The summed E-state index contributed by atoms with van der Waals surface area (Å²) < 4.78 is 96.0. The molecule has 0 aliphatic carbocycles. The molecule has 0 atom stereocenters. The fourth-order valence-electron chi connectivity index (χ4n) is 4.38. The van der Waals surface area contributed by atoms with Crippen LogP contribution in [0.4, 0.5) is 30.7 Å². The second-order valence-electron chi connectivity index (χ2n) is 8.24. The fourth-order valence-corrected chi connectivity index (χ4v) is 4.56. The third-order valence-corrected chi connectivity index (χ3v) is 6.36. The Morgan fingerprint density at radius 2 is 1.51 bits per heavy atom. The summed E-state index contributed by atoms with van der Waals surface area (Å²) in [5.41, 5.74) is -6.39. The van der Waals surface area contributed by atoms with Gasteiger partial charge in [0.25, 0.3) is 5.60 Å². The summed E-state index contributed by atoms with van der Waals surface area (Å²) in [7, 11) is 0. The summed E-state index contributed by atoms with van der Waals surface area (Å²) in [6.07, 6.45) is -12.1. The summed E-state index contributed by atoms with van der Waals surface area (Å²) in [5.74, 6) is -0.836. The van der Waals surface area contributed by atoms with E-state index in [4.69, 9.17) is 11.6 Å². The predicted octanol–water partition coefficient (Wildman–Crippen LogP) is 7.51. The highest BCUT2D eigenvalue weighted by atomic mass is 35.5. The maximum atomic E-state index is 14.7. The van der Waals surface area contributed by atoms with Gasteiger partial charge in [0, 0.05) is 21.4 Å². The van der Waals surface area contributed by atoms with Gasteiger partial charge in [0.15, 0.2) is 0 Å².